The summed E-state index contributed by atoms with van der Waals surface area (Å²) in [6, 6.07) is 95.5. The molecule has 1 aliphatic heterocycles. The van der Waals surface area contributed by atoms with Gasteiger partial charge < -0.3 is 4.42 Å². The first-order valence-corrected chi connectivity index (χ1v) is 26.3. The molecule has 2 heterocycles. The maximum absolute atomic E-state index is 6.32. The standard InChI is InChI=1S/C68H42OSi/c1-3-20-46(21-4-1)70(47-22-5-2-6-23-47)62-39-37-45(42-59(62)66-48-24-8-7-19-43(48)36-40-63(66)70)65-52-28-11-15-32-56(52)68(57-33-16-12-29-53(57)65)67-54-30-13-9-26-50(54)64(51-27-10-14-31-55(51)67)44-35-38-61-58(41-44)49-25-17-18-34-60(49)69-61/h1-42H. The lowest BCUT2D eigenvalue weighted by Crippen LogP contribution is -2.72. The van der Waals surface area contributed by atoms with Crippen LogP contribution in [0.15, 0.2) is 259 Å². The van der Waals surface area contributed by atoms with Crippen molar-refractivity contribution in [2.75, 3.05) is 0 Å². The van der Waals surface area contributed by atoms with Crippen LogP contribution in [0.5, 0.6) is 0 Å². The monoisotopic (exact) mass is 902 g/mol. The summed E-state index contributed by atoms with van der Waals surface area (Å²) in [5, 5.41) is 20.5. The third-order valence-electron chi connectivity index (χ3n) is 15.5. The van der Waals surface area contributed by atoms with E-state index in [1.54, 1.807) is 0 Å². The maximum Gasteiger partial charge on any atom is 0.180 e. The fourth-order valence-corrected chi connectivity index (χ4v) is 17.9. The minimum atomic E-state index is -2.74. The van der Waals surface area contributed by atoms with E-state index < -0.39 is 8.07 Å². The lowest BCUT2D eigenvalue weighted by molar-refractivity contribution is 0.669. The average molecular weight is 903 g/mol. The van der Waals surface area contributed by atoms with E-state index in [1.807, 2.05) is 6.07 Å². The minimum Gasteiger partial charge on any atom is -0.456 e. The SMILES string of the molecule is c1ccc([Si]2(c3ccccc3)c3ccc(-c4c5ccccc5c(-c5c6ccccc6c(-c6ccc7oc8ccccc8c7c6)c6ccccc56)c5ccccc45)cc3-c3c2ccc2ccccc32)cc1. The van der Waals surface area contributed by atoms with Crippen molar-refractivity contribution < 1.29 is 4.42 Å². The first kappa shape index (κ1) is 39.2. The number of rotatable bonds is 5. The van der Waals surface area contributed by atoms with E-state index in [1.165, 1.54) is 119 Å². The quantitative estimate of drug-likeness (QED) is 0.124. The van der Waals surface area contributed by atoms with Gasteiger partial charge in [-0.3, -0.25) is 0 Å². The highest BCUT2D eigenvalue weighted by Crippen LogP contribution is 2.51. The summed E-state index contributed by atoms with van der Waals surface area (Å²) in [5.41, 5.74) is 12.0. The lowest BCUT2D eigenvalue weighted by Gasteiger charge is -2.31. The zero-order valence-electron chi connectivity index (χ0n) is 38.2. The van der Waals surface area contributed by atoms with Crippen molar-refractivity contribution in [2.45, 2.75) is 0 Å². The number of para-hydroxylation sites is 1. The molecule has 0 amide bonds. The van der Waals surface area contributed by atoms with E-state index >= 15 is 0 Å². The molecule has 1 aromatic heterocycles. The second-order valence-electron chi connectivity index (χ2n) is 18.9. The van der Waals surface area contributed by atoms with Gasteiger partial charge in [-0.05, 0) is 143 Å². The smallest absolute Gasteiger partial charge is 0.180 e. The summed E-state index contributed by atoms with van der Waals surface area (Å²) in [5.74, 6) is 0. The summed E-state index contributed by atoms with van der Waals surface area (Å²) in [7, 11) is -2.74. The van der Waals surface area contributed by atoms with Gasteiger partial charge in [-0.15, -0.1) is 0 Å². The normalized spacial score (nSPS) is 13.0. The van der Waals surface area contributed by atoms with Crippen LogP contribution < -0.4 is 20.7 Å². The van der Waals surface area contributed by atoms with Gasteiger partial charge in [0.05, 0.1) is 0 Å². The summed E-state index contributed by atoms with van der Waals surface area (Å²) in [6.45, 7) is 0. The predicted octanol–water partition coefficient (Wildman–Crippen LogP) is 15.7. The second kappa shape index (κ2) is 15.1. The molecule has 0 unspecified atom stereocenters. The predicted molar refractivity (Wildman–Crippen MR) is 300 cm³/mol. The van der Waals surface area contributed by atoms with Gasteiger partial charge in [-0.1, -0.05) is 231 Å². The molecule has 0 saturated carbocycles. The first-order chi connectivity index (χ1) is 34.8. The Labute approximate surface area is 406 Å². The number of hydrogen-bond donors (Lipinski definition) is 0. The molecule has 324 valence electrons. The average Bonchev–Trinajstić information content (AvgIpc) is 3.96. The van der Waals surface area contributed by atoms with Gasteiger partial charge in [0.15, 0.2) is 8.07 Å². The molecular formula is C68H42OSi. The Morgan fingerprint density at radius 1 is 0.243 bits per heavy atom. The molecule has 0 atom stereocenters. The Morgan fingerprint density at radius 3 is 1.19 bits per heavy atom. The van der Waals surface area contributed by atoms with Gasteiger partial charge in [0.25, 0.3) is 0 Å². The minimum absolute atomic E-state index is 0.905. The van der Waals surface area contributed by atoms with Crippen molar-refractivity contribution in [3.63, 3.8) is 0 Å². The highest BCUT2D eigenvalue weighted by atomic mass is 28.3. The van der Waals surface area contributed by atoms with Crippen LogP contribution in [-0.4, -0.2) is 8.07 Å². The van der Waals surface area contributed by atoms with E-state index in [2.05, 4.69) is 249 Å². The fourth-order valence-electron chi connectivity index (χ4n) is 12.7. The zero-order chi connectivity index (χ0) is 45.9. The van der Waals surface area contributed by atoms with Crippen molar-refractivity contribution in [3.05, 3.63) is 255 Å². The van der Waals surface area contributed by atoms with Crippen LogP contribution in [0.1, 0.15) is 0 Å². The molecule has 1 aliphatic rings. The van der Waals surface area contributed by atoms with Crippen molar-refractivity contribution in [1.29, 1.82) is 0 Å². The van der Waals surface area contributed by atoms with Gasteiger partial charge in [-0.25, -0.2) is 0 Å². The fraction of sp³-hybridized carbons (Fsp3) is 0. The van der Waals surface area contributed by atoms with Gasteiger partial charge in [-0.2, -0.15) is 0 Å². The molecule has 0 N–H and O–H groups in total. The van der Waals surface area contributed by atoms with Crippen LogP contribution >= 0.6 is 0 Å². The largest absolute Gasteiger partial charge is 0.456 e. The van der Waals surface area contributed by atoms with Crippen LogP contribution in [0.2, 0.25) is 0 Å². The van der Waals surface area contributed by atoms with Crippen LogP contribution in [0.4, 0.5) is 0 Å². The van der Waals surface area contributed by atoms with Gasteiger partial charge in [0.1, 0.15) is 11.2 Å². The third-order valence-corrected chi connectivity index (χ3v) is 20.4. The highest BCUT2D eigenvalue weighted by molar-refractivity contribution is 7.22. The molecule has 15 rings (SSSR count). The summed E-state index contributed by atoms with van der Waals surface area (Å²) >= 11 is 0. The Hall–Kier alpha value is -8.82. The Morgan fingerprint density at radius 2 is 0.643 bits per heavy atom. The van der Waals surface area contributed by atoms with Crippen molar-refractivity contribution in [1.82, 2.24) is 0 Å². The molecule has 13 aromatic carbocycles. The molecular weight excluding hydrogens is 861 g/mol. The number of hydrogen-bond acceptors (Lipinski definition) is 1. The number of fused-ring (bicyclic) bond motifs is 12. The van der Waals surface area contributed by atoms with Crippen LogP contribution in [-0.2, 0) is 0 Å². The van der Waals surface area contributed by atoms with Gasteiger partial charge in [0, 0.05) is 10.8 Å². The van der Waals surface area contributed by atoms with Crippen molar-refractivity contribution in [2.24, 2.45) is 0 Å². The van der Waals surface area contributed by atoms with E-state index in [-0.39, 0.29) is 0 Å². The number of benzene rings is 13. The molecule has 1 nitrogen and oxygen atoms in total. The van der Waals surface area contributed by atoms with E-state index in [9.17, 15) is 0 Å². The molecule has 2 heteroatoms. The van der Waals surface area contributed by atoms with E-state index in [4.69, 9.17) is 4.42 Å². The Balaban J connectivity index is 1.02. The molecule has 0 aliphatic carbocycles. The lowest BCUT2D eigenvalue weighted by atomic mass is 9.81. The molecule has 70 heavy (non-hydrogen) atoms. The highest BCUT2D eigenvalue weighted by Gasteiger charge is 2.49. The van der Waals surface area contributed by atoms with E-state index in [0.29, 0.717) is 0 Å². The van der Waals surface area contributed by atoms with Crippen LogP contribution in [0.3, 0.4) is 0 Å². The first-order valence-electron chi connectivity index (χ1n) is 24.3. The maximum atomic E-state index is 6.32. The van der Waals surface area contributed by atoms with Gasteiger partial charge >= 0.3 is 0 Å². The second-order valence-corrected chi connectivity index (χ2v) is 22.7. The topological polar surface area (TPSA) is 13.1 Å². The molecule has 0 bridgehead atoms. The van der Waals surface area contributed by atoms with Crippen molar-refractivity contribution in [3.8, 4) is 44.5 Å². The Bertz CT molecular complexity index is 4320. The molecule has 0 spiro atoms. The molecule has 14 aromatic rings. The van der Waals surface area contributed by atoms with Crippen LogP contribution in [0.25, 0.3) is 120 Å². The molecule has 0 fully saturated rings. The number of furan rings is 1. The summed E-state index contributed by atoms with van der Waals surface area (Å²) < 4.78 is 6.32. The van der Waals surface area contributed by atoms with Crippen molar-refractivity contribution >= 4 is 105 Å². The zero-order valence-corrected chi connectivity index (χ0v) is 39.2. The Kier molecular flexibility index (Phi) is 8.45. The van der Waals surface area contributed by atoms with Crippen LogP contribution in [0, 0.1) is 0 Å². The van der Waals surface area contributed by atoms with Gasteiger partial charge in [0.2, 0.25) is 0 Å². The summed E-state index contributed by atoms with van der Waals surface area (Å²) in [6.07, 6.45) is 0. The molecule has 0 saturated heterocycles. The molecule has 0 radical (unpaired) electrons. The third kappa shape index (κ3) is 5.42. The summed E-state index contributed by atoms with van der Waals surface area (Å²) in [4.78, 5) is 0. The van der Waals surface area contributed by atoms with E-state index in [0.717, 1.165) is 21.9 Å².